The third-order valence-electron chi connectivity index (χ3n) is 3.33. The van der Waals surface area contributed by atoms with Gasteiger partial charge in [0, 0.05) is 38.6 Å². The molecule has 6 heteroatoms. The number of carbonyl (C=O) groups is 1. The quantitative estimate of drug-likeness (QED) is 0.821. The van der Waals surface area contributed by atoms with Crippen LogP contribution < -0.4 is 0 Å². The summed E-state index contributed by atoms with van der Waals surface area (Å²) in [6.07, 6.45) is 3.06. The molecule has 5 nitrogen and oxygen atoms in total. The number of halogens is 1. The summed E-state index contributed by atoms with van der Waals surface area (Å²) < 4.78 is 0. The molecule has 1 fully saturated rings. The molecule has 100 valence electrons. The summed E-state index contributed by atoms with van der Waals surface area (Å²) in [5.74, 6) is -0.0950. The minimum Gasteiger partial charge on any atom is -0.336 e. The van der Waals surface area contributed by atoms with E-state index in [1.165, 1.54) is 6.20 Å². The van der Waals surface area contributed by atoms with E-state index in [-0.39, 0.29) is 11.9 Å². The van der Waals surface area contributed by atoms with Crippen LogP contribution in [0.5, 0.6) is 0 Å². The molecule has 1 aliphatic heterocycles. The molecule has 1 saturated heterocycles. The first-order valence-corrected chi connectivity index (χ1v) is 6.53. The second kappa shape index (κ2) is 6.00. The minimum absolute atomic E-state index is 0.0950. The first-order valence-electron chi connectivity index (χ1n) is 6.16. The van der Waals surface area contributed by atoms with Crippen LogP contribution in [0.15, 0.2) is 18.5 Å². The fraction of sp³-hybridized carbons (Fsp3) is 0.462. The molecular formula is C13H15ClN4O. The molecule has 1 amide bonds. The average molecular weight is 279 g/mol. The van der Waals surface area contributed by atoms with Crippen molar-refractivity contribution in [2.75, 3.05) is 26.2 Å². The predicted molar refractivity (Wildman–Crippen MR) is 71.8 cm³/mol. The van der Waals surface area contributed by atoms with E-state index < -0.39 is 0 Å². The van der Waals surface area contributed by atoms with Gasteiger partial charge < -0.3 is 4.90 Å². The van der Waals surface area contributed by atoms with Crippen molar-refractivity contribution in [2.45, 2.75) is 13.0 Å². The normalized spacial score (nSPS) is 17.8. The van der Waals surface area contributed by atoms with Gasteiger partial charge in [0.1, 0.15) is 0 Å². The van der Waals surface area contributed by atoms with Crippen LogP contribution in [0.2, 0.25) is 5.02 Å². The SMILES string of the molecule is CC(C#N)N1CCN(C(=O)c2cnccc2Cl)CC1. The molecule has 2 rings (SSSR count). The van der Waals surface area contributed by atoms with Crippen molar-refractivity contribution in [1.82, 2.24) is 14.8 Å². The Labute approximate surface area is 117 Å². The number of hydrogen-bond donors (Lipinski definition) is 0. The van der Waals surface area contributed by atoms with E-state index in [1.54, 1.807) is 17.2 Å². The zero-order chi connectivity index (χ0) is 13.8. The van der Waals surface area contributed by atoms with E-state index in [1.807, 2.05) is 6.92 Å². The highest BCUT2D eigenvalue weighted by Crippen LogP contribution is 2.17. The van der Waals surface area contributed by atoms with Gasteiger partial charge in [-0.3, -0.25) is 14.7 Å². The lowest BCUT2D eigenvalue weighted by Gasteiger charge is -2.35. The molecule has 0 spiro atoms. The molecule has 0 radical (unpaired) electrons. The summed E-state index contributed by atoms with van der Waals surface area (Å²) in [5.41, 5.74) is 0.436. The number of rotatable bonds is 2. The topological polar surface area (TPSA) is 60.2 Å². The molecule has 0 aliphatic carbocycles. The van der Waals surface area contributed by atoms with Crippen molar-refractivity contribution < 1.29 is 4.79 Å². The van der Waals surface area contributed by atoms with E-state index in [0.29, 0.717) is 36.8 Å². The van der Waals surface area contributed by atoms with Gasteiger partial charge in [-0.05, 0) is 13.0 Å². The Morgan fingerprint density at radius 1 is 1.47 bits per heavy atom. The van der Waals surface area contributed by atoms with Gasteiger partial charge in [0.2, 0.25) is 0 Å². The Morgan fingerprint density at radius 2 is 2.16 bits per heavy atom. The zero-order valence-corrected chi connectivity index (χ0v) is 11.5. The highest BCUT2D eigenvalue weighted by molar-refractivity contribution is 6.33. The van der Waals surface area contributed by atoms with Crippen molar-refractivity contribution in [3.8, 4) is 6.07 Å². The Balaban J connectivity index is 2.01. The van der Waals surface area contributed by atoms with Crippen LogP contribution in [0.25, 0.3) is 0 Å². The summed E-state index contributed by atoms with van der Waals surface area (Å²) in [7, 11) is 0. The second-order valence-electron chi connectivity index (χ2n) is 4.49. The van der Waals surface area contributed by atoms with Crippen LogP contribution in [0.4, 0.5) is 0 Å². The van der Waals surface area contributed by atoms with E-state index >= 15 is 0 Å². The lowest BCUT2D eigenvalue weighted by molar-refractivity contribution is 0.0615. The summed E-state index contributed by atoms with van der Waals surface area (Å²) in [4.78, 5) is 20.0. The van der Waals surface area contributed by atoms with Gasteiger partial charge >= 0.3 is 0 Å². The number of nitriles is 1. The standard InChI is InChI=1S/C13H15ClN4O/c1-10(8-15)17-4-6-18(7-5-17)13(19)11-9-16-3-2-12(11)14/h2-3,9-10H,4-7H2,1H3. The molecule has 1 unspecified atom stereocenters. The van der Waals surface area contributed by atoms with Crippen LogP contribution in [-0.4, -0.2) is 52.9 Å². The summed E-state index contributed by atoms with van der Waals surface area (Å²) in [5, 5.41) is 9.30. The summed E-state index contributed by atoms with van der Waals surface area (Å²) in [6, 6.07) is 3.71. The van der Waals surface area contributed by atoms with Gasteiger partial charge in [-0.2, -0.15) is 5.26 Å². The largest absolute Gasteiger partial charge is 0.336 e. The zero-order valence-electron chi connectivity index (χ0n) is 10.7. The van der Waals surface area contributed by atoms with E-state index in [0.717, 1.165) is 0 Å². The van der Waals surface area contributed by atoms with Crippen molar-refractivity contribution in [3.63, 3.8) is 0 Å². The molecule has 0 N–H and O–H groups in total. The first kappa shape index (κ1) is 13.8. The van der Waals surface area contributed by atoms with Gasteiger partial charge in [-0.1, -0.05) is 11.6 Å². The van der Waals surface area contributed by atoms with Crippen LogP contribution in [-0.2, 0) is 0 Å². The van der Waals surface area contributed by atoms with Gasteiger partial charge in [-0.15, -0.1) is 0 Å². The number of aromatic nitrogens is 1. The fourth-order valence-electron chi connectivity index (χ4n) is 2.10. The molecule has 1 aromatic heterocycles. The van der Waals surface area contributed by atoms with E-state index in [9.17, 15) is 4.79 Å². The smallest absolute Gasteiger partial charge is 0.257 e. The van der Waals surface area contributed by atoms with Gasteiger partial charge in [-0.25, -0.2) is 0 Å². The first-order chi connectivity index (χ1) is 9.13. The maximum Gasteiger partial charge on any atom is 0.257 e. The van der Waals surface area contributed by atoms with Crippen LogP contribution in [0.3, 0.4) is 0 Å². The second-order valence-corrected chi connectivity index (χ2v) is 4.90. The monoisotopic (exact) mass is 278 g/mol. The van der Waals surface area contributed by atoms with Gasteiger partial charge in [0.05, 0.1) is 22.7 Å². The van der Waals surface area contributed by atoms with Crippen molar-refractivity contribution in [3.05, 3.63) is 29.0 Å². The molecule has 0 saturated carbocycles. The van der Waals surface area contributed by atoms with Crippen molar-refractivity contribution in [2.24, 2.45) is 0 Å². The van der Waals surface area contributed by atoms with Gasteiger partial charge in [0.25, 0.3) is 5.91 Å². The van der Waals surface area contributed by atoms with E-state index in [4.69, 9.17) is 16.9 Å². The Morgan fingerprint density at radius 3 is 2.74 bits per heavy atom. The molecule has 1 aromatic rings. The predicted octanol–water partition coefficient (Wildman–Crippen LogP) is 1.40. The van der Waals surface area contributed by atoms with Crippen LogP contribution >= 0.6 is 11.6 Å². The van der Waals surface area contributed by atoms with Crippen LogP contribution in [0.1, 0.15) is 17.3 Å². The minimum atomic E-state index is -0.112. The Hall–Kier alpha value is -1.64. The third-order valence-corrected chi connectivity index (χ3v) is 3.66. The molecule has 2 heterocycles. The molecule has 0 aromatic carbocycles. The molecule has 19 heavy (non-hydrogen) atoms. The van der Waals surface area contributed by atoms with Crippen molar-refractivity contribution >= 4 is 17.5 Å². The highest BCUT2D eigenvalue weighted by atomic mass is 35.5. The third kappa shape index (κ3) is 3.03. The number of carbonyl (C=O) groups excluding carboxylic acids is 1. The summed E-state index contributed by atoms with van der Waals surface area (Å²) >= 11 is 6.00. The number of amides is 1. The van der Waals surface area contributed by atoms with Crippen molar-refractivity contribution in [1.29, 1.82) is 5.26 Å². The molecule has 1 aliphatic rings. The number of nitrogens with zero attached hydrogens (tertiary/aromatic N) is 4. The number of pyridine rings is 1. The maximum absolute atomic E-state index is 12.3. The Kier molecular flexibility index (Phi) is 4.35. The number of hydrogen-bond acceptors (Lipinski definition) is 4. The van der Waals surface area contributed by atoms with Gasteiger partial charge in [0.15, 0.2) is 0 Å². The highest BCUT2D eigenvalue weighted by Gasteiger charge is 2.25. The molecule has 1 atom stereocenters. The molecule has 0 bridgehead atoms. The maximum atomic E-state index is 12.3. The number of piperazine rings is 1. The fourth-order valence-corrected chi connectivity index (χ4v) is 2.29. The lowest BCUT2D eigenvalue weighted by Crippen LogP contribution is -2.51. The summed E-state index contributed by atoms with van der Waals surface area (Å²) in [6.45, 7) is 4.50. The van der Waals surface area contributed by atoms with E-state index in [2.05, 4.69) is 16.0 Å². The van der Waals surface area contributed by atoms with Crippen LogP contribution in [0, 0.1) is 11.3 Å². The lowest BCUT2D eigenvalue weighted by atomic mass is 10.2. The molecular weight excluding hydrogens is 264 g/mol. The Bertz CT molecular complexity index is 506. The average Bonchev–Trinajstić information content (AvgIpc) is 2.46.